The SMILES string of the molecule is C=CCC(CCC)C(CC)CC. The van der Waals surface area contributed by atoms with E-state index in [2.05, 4.69) is 33.4 Å². The van der Waals surface area contributed by atoms with E-state index in [-0.39, 0.29) is 0 Å². The first-order chi connectivity index (χ1) is 5.79. The van der Waals surface area contributed by atoms with E-state index >= 15 is 0 Å². The van der Waals surface area contributed by atoms with E-state index in [0.29, 0.717) is 0 Å². The third-order valence-electron chi connectivity index (χ3n) is 2.84. The molecule has 0 aromatic carbocycles. The molecule has 0 bridgehead atoms. The maximum Gasteiger partial charge on any atom is -0.0322 e. The molecular weight excluding hydrogens is 144 g/mol. The molecule has 0 fully saturated rings. The molecule has 0 aromatic heterocycles. The summed E-state index contributed by atoms with van der Waals surface area (Å²) in [6.45, 7) is 10.7. The van der Waals surface area contributed by atoms with Crippen LogP contribution in [0.25, 0.3) is 0 Å². The van der Waals surface area contributed by atoms with Crippen molar-refractivity contribution >= 4 is 0 Å². The first kappa shape index (κ1) is 11.7. The fourth-order valence-corrected chi connectivity index (χ4v) is 2.09. The van der Waals surface area contributed by atoms with E-state index in [0.717, 1.165) is 11.8 Å². The zero-order chi connectivity index (χ0) is 9.40. The van der Waals surface area contributed by atoms with Crippen LogP contribution in [0.5, 0.6) is 0 Å². The highest BCUT2D eigenvalue weighted by Gasteiger charge is 2.15. The average molecular weight is 168 g/mol. The molecule has 1 atom stereocenters. The van der Waals surface area contributed by atoms with Crippen molar-refractivity contribution < 1.29 is 0 Å². The lowest BCUT2D eigenvalue weighted by Gasteiger charge is -2.23. The smallest absolute Gasteiger partial charge is 0.0322 e. The molecule has 0 heteroatoms. The Bertz CT molecular complexity index is 101. The van der Waals surface area contributed by atoms with E-state index in [1.54, 1.807) is 0 Å². The molecule has 0 radical (unpaired) electrons. The van der Waals surface area contributed by atoms with Gasteiger partial charge in [0.15, 0.2) is 0 Å². The Balaban J connectivity index is 3.94. The lowest BCUT2D eigenvalue weighted by atomic mass is 9.82. The molecule has 72 valence electrons. The predicted molar refractivity (Wildman–Crippen MR) is 57.3 cm³/mol. The van der Waals surface area contributed by atoms with Crippen LogP contribution in [0.4, 0.5) is 0 Å². The molecule has 0 aliphatic rings. The molecule has 0 aromatic rings. The van der Waals surface area contributed by atoms with Crippen molar-refractivity contribution in [3.8, 4) is 0 Å². The Morgan fingerprint density at radius 1 is 1.08 bits per heavy atom. The predicted octanol–water partition coefficient (Wildman–Crippen LogP) is 4.42. The van der Waals surface area contributed by atoms with Crippen molar-refractivity contribution in [2.24, 2.45) is 11.8 Å². The molecule has 0 saturated heterocycles. The summed E-state index contributed by atoms with van der Waals surface area (Å²) in [6.07, 6.45) is 8.64. The van der Waals surface area contributed by atoms with Gasteiger partial charge in [0.25, 0.3) is 0 Å². The van der Waals surface area contributed by atoms with Gasteiger partial charge in [0.1, 0.15) is 0 Å². The second kappa shape index (κ2) is 7.39. The fraction of sp³-hybridized carbons (Fsp3) is 0.833. The van der Waals surface area contributed by atoms with Crippen LogP contribution in [0.3, 0.4) is 0 Å². The number of hydrogen-bond donors (Lipinski definition) is 0. The number of allylic oxidation sites excluding steroid dienone is 1. The van der Waals surface area contributed by atoms with Crippen LogP contribution in [0.15, 0.2) is 12.7 Å². The lowest BCUT2D eigenvalue weighted by Crippen LogP contribution is -2.12. The summed E-state index contributed by atoms with van der Waals surface area (Å²) in [5, 5.41) is 0. The summed E-state index contributed by atoms with van der Waals surface area (Å²) in [5.41, 5.74) is 0. The van der Waals surface area contributed by atoms with Gasteiger partial charge in [0.05, 0.1) is 0 Å². The van der Waals surface area contributed by atoms with Crippen molar-refractivity contribution in [2.45, 2.75) is 52.9 Å². The maximum absolute atomic E-state index is 3.83. The van der Waals surface area contributed by atoms with Gasteiger partial charge in [-0.3, -0.25) is 0 Å². The zero-order valence-electron chi connectivity index (χ0n) is 8.97. The molecule has 0 spiro atoms. The second-order valence-corrected chi connectivity index (χ2v) is 3.65. The highest BCUT2D eigenvalue weighted by Crippen LogP contribution is 2.26. The van der Waals surface area contributed by atoms with E-state index in [1.807, 2.05) is 0 Å². The van der Waals surface area contributed by atoms with Gasteiger partial charge in [-0.15, -0.1) is 6.58 Å². The van der Waals surface area contributed by atoms with Crippen LogP contribution < -0.4 is 0 Å². The molecule has 0 N–H and O–H groups in total. The minimum absolute atomic E-state index is 0.891. The van der Waals surface area contributed by atoms with Gasteiger partial charge in [-0.25, -0.2) is 0 Å². The summed E-state index contributed by atoms with van der Waals surface area (Å²) in [6, 6.07) is 0. The van der Waals surface area contributed by atoms with E-state index in [9.17, 15) is 0 Å². The summed E-state index contributed by atoms with van der Waals surface area (Å²) in [5.74, 6) is 1.81. The monoisotopic (exact) mass is 168 g/mol. The van der Waals surface area contributed by atoms with Gasteiger partial charge in [-0.2, -0.15) is 0 Å². The third kappa shape index (κ3) is 3.94. The van der Waals surface area contributed by atoms with Crippen LogP contribution in [0, 0.1) is 11.8 Å². The molecule has 0 aliphatic carbocycles. The molecule has 0 nitrogen and oxygen atoms in total. The molecular formula is C12H24. The van der Waals surface area contributed by atoms with Crippen LogP contribution in [0.2, 0.25) is 0 Å². The normalized spacial score (nSPS) is 13.3. The Morgan fingerprint density at radius 3 is 2.00 bits per heavy atom. The van der Waals surface area contributed by atoms with Crippen molar-refractivity contribution in [1.82, 2.24) is 0 Å². The first-order valence-corrected chi connectivity index (χ1v) is 5.40. The molecule has 1 unspecified atom stereocenters. The van der Waals surface area contributed by atoms with Crippen LogP contribution in [0.1, 0.15) is 52.9 Å². The highest BCUT2D eigenvalue weighted by atomic mass is 14.2. The van der Waals surface area contributed by atoms with Crippen molar-refractivity contribution in [3.63, 3.8) is 0 Å². The number of rotatable bonds is 7. The molecule has 12 heavy (non-hydrogen) atoms. The Labute approximate surface area is 78.1 Å². The molecule has 0 rings (SSSR count). The zero-order valence-corrected chi connectivity index (χ0v) is 8.97. The summed E-state index contributed by atoms with van der Waals surface area (Å²) in [4.78, 5) is 0. The topological polar surface area (TPSA) is 0 Å². The lowest BCUT2D eigenvalue weighted by molar-refractivity contribution is 0.295. The molecule has 0 aliphatic heterocycles. The molecule has 0 saturated carbocycles. The van der Waals surface area contributed by atoms with Crippen molar-refractivity contribution in [3.05, 3.63) is 12.7 Å². The van der Waals surface area contributed by atoms with Gasteiger partial charge >= 0.3 is 0 Å². The summed E-state index contributed by atoms with van der Waals surface area (Å²) >= 11 is 0. The van der Waals surface area contributed by atoms with E-state index < -0.39 is 0 Å². The standard InChI is InChI=1S/C12H24/c1-5-9-12(10-6-2)11(7-3)8-4/h5,11-12H,1,6-10H2,2-4H3. The Hall–Kier alpha value is -0.260. The van der Waals surface area contributed by atoms with Gasteiger partial charge in [0.2, 0.25) is 0 Å². The first-order valence-electron chi connectivity index (χ1n) is 5.40. The van der Waals surface area contributed by atoms with Gasteiger partial charge in [-0.1, -0.05) is 52.5 Å². The molecule has 0 amide bonds. The van der Waals surface area contributed by atoms with E-state index in [4.69, 9.17) is 0 Å². The Morgan fingerprint density at radius 2 is 1.67 bits per heavy atom. The maximum atomic E-state index is 3.83. The number of hydrogen-bond acceptors (Lipinski definition) is 0. The fourth-order valence-electron chi connectivity index (χ4n) is 2.09. The van der Waals surface area contributed by atoms with Crippen LogP contribution in [-0.2, 0) is 0 Å². The summed E-state index contributed by atoms with van der Waals surface area (Å²) < 4.78 is 0. The minimum Gasteiger partial charge on any atom is -0.103 e. The van der Waals surface area contributed by atoms with Gasteiger partial charge < -0.3 is 0 Å². The van der Waals surface area contributed by atoms with Crippen LogP contribution >= 0.6 is 0 Å². The minimum atomic E-state index is 0.891. The summed E-state index contributed by atoms with van der Waals surface area (Å²) in [7, 11) is 0. The quantitative estimate of drug-likeness (QED) is 0.494. The average Bonchev–Trinajstić information content (AvgIpc) is 2.07. The largest absolute Gasteiger partial charge is 0.103 e. The van der Waals surface area contributed by atoms with Crippen LogP contribution in [-0.4, -0.2) is 0 Å². The van der Waals surface area contributed by atoms with Crippen molar-refractivity contribution in [2.75, 3.05) is 0 Å². The second-order valence-electron chi connectivity index (χ2n) is 3.65. The van der Waals surface area contributed by atoms with E-state index in [1.165, 1.54) is 32.1 Å². The van der Waals surface area contributed by atoms with Gasteiger partial charge in [-0.05, 0) is 18.3 Å². The third-order valence-corrected chi connectivity index (χ3v) is 2.84. The van der Waals surface area contributed by atoms with Crippen molar-refractivity contribution in [1.29, 1.82) is 0 Å². The molecule has 0 heterocycles. The van der Waals surface area contributed by atoms with Gasteiger partial charge in [0, 0.05) is 0 Å². The Kier molecular flexibility index (Phi) is 7.23. The highest BCUT2D eigenvalue weighted by molar-refractivity contribution is 4.77.